The van der Waals surface area contributed by atoms with Gasteiger partial charge in [-0.05, 0) is 37.8 Å². The smallest absolute Gasteiger partial charge is 0.227 e. The Hall–Kier alpha value is -0.870. The van der Waals surface area contributed by atoms with E-state index in [0.717, 1.165) is 0 Å². The Bertz CT molecular complexity index is 344. The maximum Gasteiger partial charge on any atom is 0.227 e. The van der Waals surface area contributed by atoms with E-state index in [2.05, 4.69) is 11.4 Å². The van der Waals surface area contributed by atoms with Crippen LogP contribution in [0.5, 0.6) is 0 Å². The molecule has 0 aliphatic heterocycles. The molecule has 1 aromatic rings. The summed E-state index contributed by atoms with van der Waals surface area (Å²) in [5.74, 6) is 0.0119. The van der Waals surface area contributed by atoms with Crippen molar-refractivity contribution in [1.29, 1.82) is 0 Å². The summed E-state index contributed by atoms with van der Waals surface area (Å²) in [6.07, 6.45) is 0. The molecule has 84 valence electrons. The molecule has 1 rings (SSSR count). The Kier molecular flexibility index (Phi) is 3.88. The second kappa shape index (κ2) is 4.77. The fourth-order valence-corrected chi connectivity index (χ4v) is 1.92. The molecular formula is C11H18N2OS. The second-order valence-corrected chi connectivity index (χ2v) is 5.30. The highest BCUT2D eigenvalue weighted by molar-refractivity contribution is 7.10. The average molecular weight is 226 g/mol. The van der Waals surface area contributed by atoms with E-state index in [0.29, 0.717) is 13.1 Å². The van der Waals surface area contributed by atoms with Gasteiger partial charge < -0.3 is 11.1 Å². The van der Waals surface area contributed by atoms with E-state index in [1.807, 2.05) is 26.2 Å². The molecule has 0 unspecified atom stereocenters. The molecule has 1 heterocycles. The number of thiophene rings is 1. The van der Waals surface area contributed by atoms with Crippen molar-refractivity contribution >= 4 is 17.2 Å². The Labute approximate surface area is 94.7 Å². The predicted molar refractivity (Wildman–Crippen MR) is 63.7 cm³/mol. The summed E-state index contributed by atoms with van der Waals surface area (Å²) in [7, 11) is 0. The lowest BCUT2D eigenvalue weighted by atomic mass is 9.93. The molecule has 0 fully saturated rings. The first-order valence-corrected chi connectivity index (χ1v) is 5.86. The minimum atomic E-state index is -0.481. The maximum atomic E-state index is 11.7. The Morgan fingerprint density at radius 3 is 2.73 bits per heavy atom. The predicted octanol–water partition coefficient (Wildman–Crippen LogP) is 1.66. The lowest BCUT2D eigenvalue weighted by molar-refractivity contribution is -0.129. The molecule has 0 aliphatic carbocycles. The van der Waals surface area contributed by atoms with Crippen LogP contribution in [0, 0.1) is 12.3 Å². The Balaban J connectivity index is 2.52. The fraction of sp³-hybridized carbons (Fsp3) is 0.545. The molecule has 15 heavy (non-hydrogen) atoms. The van der Waals surface area contributed by atoms with Crippen LogP contribution < -0.4 is 11.1 Å². The van der Waals surface area contributed by atoms with Crippen molar-refractivity contribution in [2.75, 3.05) is 6.54 Å². The zero-order valence-electron chi connectivity index (χ0n) is 9.46. The highest BCUT2D eigenvalue weighted by Crippen LogP contribution is 2.17. The van der Waals surface area contributed by atoms with Crippen LogP contribution >= 0.6 is 11.3 Å². The van der Waals surface area contributed by atoms with Gasteiger partial charge in [0.2, 0.25) is 5.91 Å². The van der Waals surface area contributed by atoms with Crippen molar-refractivity contribution in [3.8, 4) is 0 Å². The Morgan fingerprint density at radius 1 is 1.60 bits per heavy atom. The largest absolute Gasteiger partial charge is 0.351 e. The van der Waals surface area contributed by atoms with E-state index in [1.165, 1.54) is 10.4 Å². The third-order valence-electron chi connectivity index (χ3n) is 2.50. The van der Waals surface area contributed by atoms with Crippen LogP contribution in [0.25, 0.3) is 0 Å². The number of hydrogen-bond donors (Lipinski definition) is 2. The van der Waals surface area contributed by atoms with E-state index in [-0.39, 0.29) is 5.91 Å². The first-order chi connectivity index (χ1) is 6.97. The highest BCUT2D eigenvalue weighted by atomic mass is 32.1. The number of hydrogen-bond acceptors (Lipinski definition) is 3. The molecule has 1 aromatic heterocycles. The molecule has 0 saturated heterocycles. The summed E-state index contributed by atoms with van der Waals surface area (Å²) in [4.78, 5) is 12.9. The molecule has 1 amide bonds. The van der Waals surface area contributed by atoms with Crippen molar-refractivity contribution in [1.82, 2.24) is 5.32 Å². The van der Waals surface area contributed by atoms with Gasteiger partial charge in [-0.15, -0.1) is 11.3 Å². The maximum absolute atomic E-state index is 11.7. The summed E-state index contributed by atoms with van der Waals surface area (Å²) in [5, 5.41) is 4.94. The zero-order valence-corrected chi connectivity index (χ0v) is 10.3. The summed E-state index contributed by atoms with van der Waals surface area (Å²) in [6.45, 7) is 6.72. The van der Waals surface area contributed by atoms with E-state index in [9.17, 15) is 4.79 Å². The lowest BCUT2D eigenvalue weighted by Crippen LogP contribution is -2.41. The summed E-state index contributed by atoms with van der Waals surface area (Å²) in [6, 6.07) is 2.06. The quantitative estimate of drug-likeness (QED) is 0.820. The highest BCUT2D eigenvalue weighted by Gasteiger charge is 2.25. The summed E-state index contributed by atoms with van der Waals surface area (Å²) >= 11 is 1.66. The van der Waals surface area contributed by atoms with Crippen molar-refractivity contribution in [3.63, 3.8) is 0 Å². The van der Waals surface area contributed by atoms with E-state index < -0.39 is 5.41 Å². The molecule has 4 heteroatoms. The van der Waals surface area contributed by atoms with Crippen LogP contribution in [0.15, 0.2) is 11.4 Å². The fourth-order valence-electron chi connectivity index (χ4n) is 1.08. The van der Waals surface area contributed by atoms with Gasteiger partial charge in [-0.1, -0.05) is 0 Å². The van der Waals surface area contributed by atoms with Gasteiger partial charge in [0.1, 0.15) is 0 Å². The molecule has 0 atom stereocenters. The van der Waals surface area contributed by atoms with Crippen molar-refractivity contribution in [2.45, 2.75) is 27.3 Å². The number of nitrogens with one attached hydrogen (secondary N) is 1. The van der Waals surface area contributed by atoms with Crippen molar-refractivity contribution < 1.29 is 4.79 Å². The van der Waals surface area contributed by atoms with Crippen molar-refractivity contribution in [2.24, 2.45) is 11.1 Å². The summed E-state index contributed by atoms with van der Waals surface area (Å²) in [5.41, 5.74) is 6.27. The first-order valence-electron chi connectivity index (χ1n) is 4.98. The van der Waals surface area contributed by atoms with Gasteiger partial charge in [0.15, 0.2) is 0 Å². The van der Waals surface area contributed by atoms with Crippen LogP contribution in [0.2, 0.25) is 0 Å². The van der Waals surface area contributed by atoms with Gasteiger partial charge in [0, 0.05) is 11.4 Å². The van der Waals surface area contributed by atoms with E-state index in [1.54, 1.807) is 11.3 Å². The summed E-state index contributed by atoms with van der Waals surface area (Å²) < 4.78 is 0. The first kappa shape index (κ1) is 12.2. The van der Waals surface area contributed by atoms with Gasteiger partial charge in [-0.25, -0.2) is 0 Å². The van der Waals surface area contributed by atoms with Gasteiger partial charge in [-0.2, -0.15) is 0 Å². The number of amides is 1. The van der Waals surface area contributed by atoms with E-state index >= 15 is 0 Å². The zero-order chi connectivity index (χ0) is 11.5. The molecule has 3 nitrogen and oxygen atoms in total. The third-order valence-corrected chi connectivity index (χ3v) is 3.53. The molecule has 0 aliphatic rings. The second-order valence-electron chi connectivity index (χ2n) is 4.30. The number of carbonyl (C=O) groups excluding carboxylic acids is 1. The minimum Gasteiger partial charge on any atom is -0.351 e. The molecule has 0 radical (unpaired) electrons. The number of aryl methyl sites for hydroxylation is 1. The standard InChI is InChI=1S/C11H18N2OS/c1-8-4-5-15-9(8)6-13-10(14)11(2,3)7-12/h4-5H,6-7,12H2,1-3H3,(H,13,14). The number of nitrogens with two attached hydrogens (primary N) is 1. The van der Waals surface area contributed by atoms with Crippen LogP contribution in [-0.4, -0.2) is 12.5 Å². The van der Waals surface area contributed by atoms with Crippen LogP contribution in [0.3, 0.4) is 0 Å². The molecule has 0 spiro atoms. The van der Waals surface area contributed by atoms with Gasteiger partial charge in [-0.3, -0.25) is 4.79 Å². The molecule has 0 bridgehead atoms. The third kappa shape index (κ3) is 3.04. The molecular weight excluding hydrogens is 208 g/mol. The number of rotatable bonds is 4. The van der Waals surface area contributed by atoms with Crippen LogP contribution in [0.4, 0.5) is 0 Å². The SMILES string of the molecule is Cc1ccsc1CNC(=O)C(C)(C)CN. The van der Waals surface area contributed by atoms with Gasteiger partial charge in [0.25, 0.3) is 0 Å². The molecule has 0 aromatic carbocycles. The topological polar surface area (TPSA) is 55.1 Å². The van der Waals surface area contributed by atoms with Crippen molar-refractivity contribution in [3.05, 3.63) is 21.9 Å². The minimum absolute atomic E-state index is 0.0119. The van der Waals surface area contributed by atoms with Gasteiger partial charge in [0.05, 0.1) is 12.0 Å². The lowest BCUT2D eigenvalue weighted by Gasteiger charge is -2.21. The van der Waals surface area contributed by atoms with Gasteiger partial charge >= 0.3 is 0 Å². The van der Waals surface area contributed by atoms with Crippen LogP contribution in [-0.2, 0) is 11.3 Å². The molecule has 0 saturated carbocycles. The normalized spacial score (nSPS) is 11.5. The van der Waals surface area contributed by atoms with E-state index in [4.69, 9.17) is 5.73 Å². The monoisotopic (exact) mass is 226 g/mol. The number of carbonyl (C=O) groups is 1. The molecule has 3 N–H and O–H groups in total. The van der Waals surface area contributed by atoms with Crippen LogP contribution in [0.1, 0.15) is 24.3 Å². The Morgan fingerprint density at radius 2 is 2.27 bits per heavy atom. The average Bonchev–Trinajstić information content (AvgIpc) is 2.60.